The van der Waals surface area contributed by atoms with Crippen LogP contribution in [0, 0.1) is 17.1 Å². The number of carbonyl (C=O) groups is 1. The molecule has 0 fully saturated rings. The van der Waals surface area contributed by atoms with Crippen LogP contribution in [0.2, 0.25) is 0 Å². The van der Waals surface area contributed by atoms with Gasteiger partial charge in [-0.3, -0.25) is 4.79 Å². The van der Waals surface area contributed by atoms with Gasteiger partial charge in [0.1, 0.15) is 11.9 Å². The number of rotatable bonds is 2. The summed E-state index contributed by atoms with van der Waals surface area (Å²) in [7, 11) is 0. The number of aromatic carboxylic acids is 1. The molecule has 0 saturated carbocycles. The van der Waals surface area contributed by atoms with Gasteiger partial charge in [-0.25, -0.2) is 9.18 Å². The van der Waals surface area contributed by atoms with Crippen molar-refractivity contribution < 1.29 is 19.4 Å². The van der Waals surface area contributed by atoms with Crippen LogP contribution in [0.15, 0.2) is 29.1 Å². The molecule has 20 heavy (non-hydrogen) atoms. The van der Waals surface area contributed by atoms with Gasteiger partial charge < -0.3 is 10.2 Å². The number of nitriles is 1. The first-order chi connectivity index (χ1) is 9.43. The number of nitrogens with zero attached hydrogens (tertiary/aromatic N) is 3. The number of hydrogen-bond acceptors (Lipinski definition) is 5. The van der Waals surface area contributed by atoms with Crippen molar-refractivity contribution in [3.8, 4) is 17.5 Å². The highest BCUT2D eigenvalue weighted by molar-refractivity contribution is 5.88. The van der Waals surface area contributed by atoms with Gasteiger partial charge in [0.25, 0.3) is 5.56 Å². The van der Waals surface area contributed by atoms with Crippen molar-refractivity contribution in [2.45, 2.75) is 0 Å². The van der Waals surface area contributed by atoms with Gasteiger partial charge in [-0.1, -0.05) is 0 Å². The van der Waals surface area contributed by atoms with E-state index < -0.39 is 28.8 Å². The fraction of sp³-hybridized carbons (Fsp3) is 0. The van der Waals surface area contributed by atoms with E-state index in [1.165, 1.54) is 6.07 Å². The second-order valence-corrected chi connectivity index (χ2v) is 3.71. The van der Waals surface area contributed by atoms with E-state index in [9.17, 15) is 19.1 Å². The van der Waals surface area contributed by atoms with Crippen molar-refractivity contribution in [1.29, 1.82) is 5.26 Å². The van der Waals surface area contributed by atoms with Gasteiger partial charge in [0.05, 0.1) is 11.3 Å². The maximum atomic E-state index is 13.5. The molecule has 0 aliphatic carbocycles. The Balaban J connectivity index is 2.67. The highest BCUT2D eigenvalue weighted by Gasteiger charge is 2.16. The highest BCUT2D eigenvalue weighted by Crippen LogP contribution is 2.14. The van der Waals surface area contributed by atoms with E-state index in [1.807, 2.05) is 0 Å². The Hall–Kier alpha value is -3.21. The minimum absolute atomic E-state index is 0.0611. The van der Waals surface area contributed by atoms with Crippen LogP contribution in [0.1, 0.15) is 16.1 Å². The van der Waals surface area contributed by atoms with Crippen LogP contribution in [0.25, 0.3) is 5.69 Å². The zero-order valence-corrected chi connectivity index (χ0v) is 9.74. The third kappa shape index (κ3) is 2.20. The quantitative estimate of drug-likeness (QED) is 0.831. The standard InChI is InChI=1S/C12H6FN3O4/c13-8-3-7(2-1-6(8)5-14)16-10(18)4-9(17)11(15-16)12(19)20/h1-4,17H,(H,19,20). The smallest absolute Gasteiger partial charge is 0.360 e. The van der Waals surface area contributed by atoms with Crippen molar-refractivity contribution >= 4 is 5.97 Å². The normalized spacial score (nSPS) is 10.0. The lowest BCUT2D eigenvalue weighted by molar-refractivity contribution is 0.0684. The Morgan fingerprint density at radius 1 is 1.40 bits per heavy atom. The molecule has 0 unspecified atom stereocenters. The summed E-state index contributed by atoms with van der Waals surface area (Å²) in [6.45, 7) is 0. The third-order valence-corrected chi connectivity index (χ3v) is 2.43. The molecule has 2 aromatic rings. The molecule has 1 aromatic carbocycles. The molecule has 0 aliphatic heterocycles. The Kier molecular flexibility index (Phi) is 3.18. The molecule has 8 heteroatoms. The van der Waals surface area contributed by atoms with Gasteiger partial charge in [-0.2, -0.15) is 15.0 Å². The molecule has 0 radical (unpaired) electrons. The van der Waals surface area contributed by atoms with Crippen LogP contribution in [0.3, 0.4) is 0 Å². The van der Waals surface area contributed by atoms with Gasteiger partial charge in [0, 0.05) is 12.1 Å². The van der Waals surface area contributed by atoms with Crippen molar-refractivity contribution in [3.05, 3.63) is 51.7 Å². The summed E-state index contributed by atoms with van der Waals surface area (Å²) < 4.78 is 14.1. The van der Waals surface area contributed by atoms with E-state index in [2.05, 4.69) is 5.10 Å². The van der Waals surface area contributed by atoms with Crippen molar-refractivity contribution in [1.82, 2.24) is 9.78 Å². The molecular weight excluding hydrogens is 269 g/mol. The minimum atomic E-state index is -1.54. The maximum absolute atomic E-state index is 13.5. The lowest BCUT2D eigenvalue weighted by Crippen LogP contribution is -2.23. The van der Waals surface area contributed by atoms with Crippen LogP contribution >= 0.6 is 0 Å². The topological polar surface area (TPSA) is 116 Å². The molecule has 2 N–H and O–H groups in total. The third-order valence-electron chi connectivity index (χ3n) is 2.43. The van der Waals surface area contributed by atoms with Crippen LogP contribution in [0.4, 0.5) is 4.39 Å². The van der Waals surface area contributed by atoms with Crippen molar-refractivity contribution in [2.75, 3.05) is 0 Å². The van der Waals surface area contributed by atoms with Crippen LogP contribution in [0.5, 0.6) is 5.75 Å². The predicted molar refractivity (Wildman–Crippen MR) is 63.1 cm³/mol. The molecule has 0 bridgehead atoms. The number of carboxylic acid groups (broad SMARTS) is 1. The van der Waals surface area contributed by atoms with E-state index in [1.54, 1.807) is 6.07 Å². The van der Waals surface area contributed by atoms with Gasteiger partial charge in [0.2, 0.25) is 5.69 Å². The largest absolute Gasteiger partial charge is 0.505 e. The summed E-state index contributed by atoms with van der Waals surface area (Å²) in [5, 5.41) is 30.2. The molecule has 0 spiro atoms. The number of benzene rings is 1. The van der Waals surface area contributed by atoms with E-state index in [0.29, 0.717) is 10.7 Å². The Morgan fingerprint density at radius 3 is 2.65 bits per heavy atom. The lowest BCUT2D eigenvalue weighted by atomic mass is 10.2. The predicted octanol–water partition coefficient (Wildman–Crippen LogP) is 0.647. The van der Waals surface area contributed by atoms with Gasteiger partial charge in [0.15, 0.2) is 5.75 Å². The van der Waals surface area contributed by atoms with E-state index in [-0.39, 0.29) is 11.3 Å². The Morgan fingerprint density at radius 2 is 2.10 bits per heavy atom. The lowest BCUT2D eigenvalue weighted by Gasteiger charge is -2.06. The highest BCUT2D eigenvalue weighted by atomic mass is 19.1. The number of halogens is 1. The summed E-state index contributed by atoms with van der Waals surface area (Å²) in [6, 6.07) is 5.51. The average Bonchev–Trinajstić information content (AvgIpc) is 2.38. The zero-order chi connectivity index (χ0) is 14.9. The van der Waals surface area contributed by atoms with Crippen LogP contribution in [-0.2, 0) is 0 Å². The minimum Gasteiger partial charge on any atom is -0.505 e. The van der Waals surface area contributed by atoms with Crippen molar-refractivity contribution in [3.63, 3.8) is 0 Å². The molecule has 0 amide bonds. The first-order valence-corrected chi connectivity index (χ1v) is 5.20. The first kappa shape index (κ1) is 13.2. The van der Waals surface area contributed by atoms with Crippen LogP contribution in [-0.4, -0.2) is 26.0 Å². The molecule has 1 aromatic heterocycles. The summed E-state index contributed by atoms with van der Waals surface area (Å²) in [6.07, 6.45) is 0. The summed E-state index contributed by atoms with van der Waals surface area (Å²) in [5.41, 5.74) is -1.86. The first-order valence-electron chi connectivity index (χ1n) is 5.20. The summed E-state index contributed by atoms with van der Waals surface area (Å²) in [5.74, 6) is -3.19. The Labute approximate surface area is 110 Å². The fourth-order valence-electron chi connectivity index (χ4n) is 1.51. The maximum Gasteiger partial charge on any atom is 0.360 e. The monoisotopic (exact) mass is 275 g/mol. The van der Waals surface area contributed by atoms with E-state index in [0.717, 1.165) is 12.1 Å². The van der Waals surface area contributed by atoms with Gasteiger partial charge in [-0.15, -0.1) is 0 Å². The van der Waals surface area contributed by atoms with Crippen molar-refractivity contribution in [2.24, 2.45) is 0 Å². The number of carboxylic acids is 1. The van der Waals surface area contributed by atoms with Crippen LogP contribution < -0.4 is 5.56 Å². The molecule has 0 aliphatic rings. The van der Waals surface area contributed by atoms with E-state index in [4.69, 9.17) is 10.4 Å². The molecular formula is C12H6FN3O4. The number of aromatic nitrogens is 2. The zero-order valence-electron chi connectivity index (χ0n) is 9.74. The molecule has 1 heterocycles. The summed E-state index contributed by atoms with van der Waals surface area (Å²) >= 11 is 0. The van der Waals surface area contributed by atoms with Gasteiger partial charge in [-0.05, 0) is 12.1 Å². The number of hydrogen-bond donors (Lipinski definition) is 2. The second-order valence-electron chi connectivity index (χ2n) is 3.71. The average molecular weight is 275 g/mol. The molecule has 0 saturated heterocycles. The molecule has 2 rings (SSSR count). The SMILES string of the molecule is N#Cc1ccc(-n2nc(C(=O)O)c(O)cc2=O)cc1F. The summed E-state index contributed by atoms with van der Waals surface area (Å²) in [4.78, 5) is 22.5. The molecule has 7 nitrogen and oxygen atoms in total. The van der Waals surface area contributed by atoms with Gasteiger partial charge >= 0.3 is 5.97 Å². The number of aromatic hydroxyl groups is 1. The second kappa shape index (κ2) is 4.81. The Bertz CT molecular complexity index is 807. The van der Waals surface area contributed by atoms with E-state index >= 15 is 0 Å². The fourth-order valence-corrected chi connectivity index (χ4v) is 1.51. The molecule has 0 atom stereocenters. The molecule has 100 valence electrons.